The predicted octanol–water partition coefficient (Wildman–Crippen LogP) is 7.97. The Kier molecular flexibility index (Phi) is 8.33. The third kappa shape index (κ3) is 5.49. The minimum absolute atomic E-state index is 0.0470. The van der Waals surface area contributed by atoms with E-state index in [2.05, 4.69) is 47.3 Å². The van der Waals surface area contributed by atoms with Crippen molar-refractivity contribution in [2.45, 2.75) is 111 Å². The minimum Gasteiger partial charge on any atom is -0.377 e. The van der Waals surface area contributed by atoms with Crippen LogP contribution in [0.5, 0.6) is 0 Å². The fourth-order valence-corrected chi connectivity index (χ4v) is 9.70. The Morgan fingerprint density at radius 3 is 2.57 bits per heavy atom. The molecule has 0 heterocycles. The van der Waals surface area contributed by atoms with Crippen LogP contribution in [0.1, 0.15) is 105 Å². The van der Waals surface area contributed by atoms with Crippen LogP contribution in [0.15, 0.2) is 23.6 Å². The number of sulfone groups is 1. The van der Waals surface area contributed by atoms with Crippen LogP contribution in [0.2, 0.25) is 0 Å². The van der Waals surface area contributed by atoms with Crippen molar-refractivity contribution in [3.63, 3.8) is 0 Å². The summed E-state index contributed by atoms with van der Waals surface area (Å²) < 4.78 is 29.5. The van der Waals surface area contributed by atoms with Gasteiger partial charge in [-0.2, -0.15) is 0 Å². The van der Waals surface area contributed by atoms with Gasteiger partial charge in [0.2, 0.25) is 0 Å². The molecule has 8 atom stereocenters. The van der Waals surface area contributed by atoms with Gasteiger partial charge in [-0.05, 0) is 97.7 Å². The summed E-state index contributed by atoms with van der Waals surface area (Å²) in [6.07, 6.45) is 17.2. The number of ether oxygens (including phenoxy) is 1. The number of hydrogen-bond acceptors (Lipinski definition) is 3. The van der Waals surface area contributed by atoms with Gasteiger partial charge >= 0.3 is 0 Å². The molecule has 0 N–H and O–H groups in total. The first-order valence-electron chi connectivity index (χ1n) is 14.7. The highest BCUT2D eigenvalue weighted by molar-refractivity contribution is 7.94. The summed E-state index contributed by atoms with van der Waals surface area (Å²) in [6, 6.07) is 0. The van der Waals surface area contributed by atoms with Crippen LogP contribution >= 0.6 is 0 Å². The second kappa shape index (κ2) is 10.6. The first kappa shape index (κ1) is 27.4. The van der Waals surface area contributed by atoms with Gasteiger partial charge in [0.15, 0.2) is 9.84 Å². The molecule has 0 amide bonds. The van der Waals surface area contributed by atoms with Gasteiger partial charge in [0.05, 0.1) is 18.5 Å². The maximum Gasteiger partial charge on any atom is 0.173 e. The highest BCUT2D eigenvalue weighted by Crippen LogP contribution is 2.67. The number of rotatable bonds is 10. The highest BCUT2D eigenvalue weighted by atomic mass is 32.2. The monoisotopic (exact) mass is 504 g/mol. The van der Waals surface area contributed by atoms with Crippen LogP contribution in [0, 0.1) is 46.3 Å². The van der Waals surface area contributed by atoms with Crippen molar-refractivity contribution >= 4 is 9.84 Å². The zero-order valence-corrected chi connectivity index (χ0v) is 24.0. The lowest BCUT2D eigenvalue weighted by Crippen LogP contribution is -2.51. The fourth-order valence-electron chi connectivity index (χ4n) is 9.21. The molecule has 0 aromatic carbocycles. The zero-order valence-electron chi connectivity index (χ0n) is 23.2. The lowest BCUT2D eigenvalue weighted by Gasteiger charge is -2.58. The quantitative estimate of drug-likeness (QED) is 0.283. The van der Waals surface area contributed by atoms with Gasteiger partial charge in [-0.3, -0.25) is 0 Å². The van der Waals surface area contributed by atoms with Crippen LogP contribution in [-0.4, -0.2) is 26.9 Å². The van der Waals surface area contributed by atoms with Gasteiger partial charge in [-0.15, -0.1) is 0 Å². The highest BCUT2D eigenvalue weighted by Gasteiger charge is 2.59. The number of allylic oxidation sites excluding steroid dienone is 1. The SMILES string of the molecule is C=CS(=O)(=O)CCOC1CC[C@@]2(C)C(=CC[C@H]3[C@@H]4CC[C@H]([C@H](C)CCCC(C)C)[C@@]4(C)CC[C@@H]32)C1. The molecule has 4 aliphatic carbocycles. The summed E-state index contributed by atoms with van der Waals surface area (Å²) in [4.78, 5) is 0. The van der Waals surface area contributed by atoms with E-state index in [0.717, 1.165) is 53.8 Å². The largest absolute Gasteiger partial charge is 0.377 e. The smallest absolute Gasteiger partial charge is 0.173 e. The van der Waals surface area contributed by atoms with Crippen molar-refractivity contribution in [1.29, 1.82) is 0 Å². The summed E-state index contributed by atoms with van der Waals surface area (Å²) in [5.74, 6) is 5.22. The molecule has 0 aromatic rings. The lowest BCUT2D eigenvalue weighted by atomic mass is 9.47. The molecule has 4 heteroatoms. The molecule has 200 valence electrons. The molecule has 35 heavy (non-hydrogen) atoms. The molecular weight excluding hydrogens is 452 g/mol. The Bertz CT molecular complexity index is 889. The summed E-state index contributed by atoms with van der Waals surface area (Å²) in [5, 5.41) is 1.05. The van der Waals surface area contributed by atoms with Crippen molar-refractivity contribution in [1.82, 2.24) is 0 Å². The Morgan fingerprint density at radius 2 is 1.86 bits per heavy atom. The Labute approximate surface area is 216 Å². The second-order valence-electron chi connectivity index (χ2n) is 13.6. The Morgan fingerprint density at radius 1 is 1.09 bits per heavy atom. The van der Waals surface area contributed by atoms with E-state index in [4.69, 9.17) is 4.74 Å². The van der Waals surface area contributed by atoms with E-state index in [1.807, 2.05) is 0 Å². The molecule has 3 saturated carbocycles. The fraction of sp³-hybridized carbons (Fsp3) is 0.871. The molecule has 0 aromatic heterocycles. The summed E-state index contributed by atoms with van der Waals surface area (Å²) in [5.41, 5.74) is 2.47. The molecule has 0 radical (unpaired) electrons. The van der Waals surface area contributed by atoms with Crippen molar-refractivity contribution in [2.24, 2.45) is 46.3 Å². The maximum absolute atomic E-state index is 11.7. The van der Waals surface area contributed by atoms with Gasteiger partial charge in [0.25, 0.3) is 0 Å². The first-order valence-corrected chi connectivity index (χ1v) is 16.4. The first-order chi connectivity index (χ1) is 16.5. The van der Waals surface area contributed by atoms with Crippen molar-refractivity contribution < 1.29 is 13.2 Å². The van der Waals surface area contributed by atoms with E-state index in [9.17, 15) is 8.42 Å². The van der Waals surface area contributed by atoms with Gasteiger partial charge in [0, 0.05) is 5.41 Å². The van der Waals surface area contributed by atoms with E-state index < -0.39 is 9.84 Å². The second-order valence-corrected chi connectivity index (χ2v) is 15.6. The normalized spacial score (nSPS) is 39.9. The molecule has 4 aliphatic rings. The predicted molar refractivity (Wildman–Crippen MR) is 147 cm³/mol. The minimum atomic E-state index is -3.18. The zero-order chi connectivity index (χ0) is 25.4. The molecule has 3 nitrogen and oxygen atoms in total. The van der Waals surface area contributed by atoms with Gasteiger partial charge in [0.1, 0.15) is 0 Å². The van der Waals surface area contributed by atoms with Crippen molar-refractivity contribution in [3.8, 4) is 0 Å². The van der Waals surface area contributed by atoms with E-state index in [1.165, 1.54) is 57.8 Å². The summed E-state index contributed by atoms with van der Waals surface area (Å²) in [6.45, 7) is 16.2. The number of fused-ring (bicyclic) bond motifs is 5. The van der Waals surface area contributed by atoms with Crippen LogP contribution in [-0.2, 0) is 14.6 Å². The maximum atomic E-state index is 11.7. The molecule has 4 rings (SSSR count). The molecule has 0 aliphatic heterocycles. The number of hydrogen-bond donors (Lipinski definition) is 0. The summed E-state index contributed by atoms with van der Waals surface area (Å²) in [7, 11) is -3.18. The lowest BCUT2D eigenvalue weighted by molar-refractivity contribution is -0.0629. The van der Waals surface area contributed by atoms with E-state index in [0.29, 0.717) is 10.8 Å². The molecule has 1 unspecified atom stereocenters. The van der Waals surface area contributed by atoms with Crippen LogP contribution in [0.4, 0.5) is 0 Å². The Balaban J connectivity index is 1.40. The van der Waals surface area contributed by atoms with Crippen LogP contribution < -0.4 is 0 Å². The third-order valence-electron chi connectivity index (χ3n) is 11.2. The average molecular weight is 505 g/mol. The summed E-state index contributed by atoms with van der Waals surface area (Å²) >= 11 is 0. The Hall–Kier alpha value is -0.610. The molecule has 0 saturated heterocycles. The van der Waals surface area contributed by atoms with Crippen molar-refractivity contribution in [3.05, 3.63) is 23.6 Å². The van der Waals surface area contributed by atoms with Crippen LogP contribution in [0.25, 0.3) is 0 Å². The molecule has 0 spiro atoms. The topological polar surface area (TPSA) is 43.4 Å². The average Bonchev–Trinajstić information content (AvgIpc) is 3.16. The molecule has 3 fully saturated rings. The van der Waals surface area contributed by atoms with Gasteiger partial charge < -0.3 is 4.74 Å². The molecule has 0 bridgehead atoms. The van der Waals surface area contributed by atoms with Gasteiger partial charge in [-0.1, -0.05) is 72.1 Å². The van der Waals surface area contributed by atoms with Crippen LogP contribution in [0.3, 0.4) is 0 Å². The van der Waals surface area contributed by atoms with E-state index >= 15 is 0 Å². The van der Waals surface area contributed by atoms with E-state index in [-0.39, 0.29) is 18.5 Å². The molecular formula is C31H52O3S. The van der Waals surface area contributed by atoms with Crippen molar-refractivity contribution in [2.75, 3.05) is 12.4 Å². The third-order valence-corrected chi connectivity index (χ3v) is 12.5. The standard InChI is InChI=1S/C31H52O3S/c1-7-35(32,33)20-19-34-25-15-17-30(5)24(21-25)11-12-26-28-14-13-27(23(4)10-8-9-22(2)3)31(28,6)18-16-29(26)30/h7,11,22-23,25-29H,1,8-10,12-21H2,2-6H3/t23-,25?,26+,27-,28+,29+,30+,31-/m1/s1. The van der Waals surface area contributed by atoms with Gasteiger partial charge in [-0.25, -0.2) is 8.42 Å². The van der Waals surface area contributed by atoms with E-state index in [1.54, 1.807) is 5.57 Å².